The van der Waals surface area contributed by atoms with Crippen LogP contribution in [0.1, 0.15) is 11.1 Å². The largest absolute Gasteiger partial charge is 0.501 e. The van der Waals surface area contributed by atoms with Crippen molar-refractivity contribution < 1.29 is 14.8 Å². The van der Waals surface area contributed by atoms with E-state index in [1.165, 1.54) is 18.5 Å². The minimum Gasteiger partial charge on any atom is -0.501 e. The van der Waals surface area contributed by atoms with Gasteiger partial charge >= 0.3 is 5.69 Å². The molecular weight excluding hydrogens is 336 g/mol. The zero-order chi connectivity index (χ0) is 18.5. The van der Waals surface area contributed by atoms with Crippen LogP contribution >= 0.6 is 0 Å². The number of aromatic hydroxyl groups is 1. The van der Waals surface area contributed by atoms with Gasteiger partial charge in [0.15, 0.2) is 0 Å². The van der Waals surface area contributed by atoms with E-state index >= 15 is 0 Å². The van der Waals surface area contributed by atoms with E-state index in [9.17, 15) is 20.0 Å². The first-order valence-electron chi connectivity index (χ1n) is 7.67. The van der Waals surface area contributed by atoms with Gasteiger partial charge in [-0.15, -0.1) is 0 Å². The van der Waals surface area contributed by atoms with Crippen molar-refractivity contribution in [2.24, 2.45) is 5.10 Å². The van der Waals surface area contributed by atoms with E-state index < -0.39 is 16.4 Å². The second-order valence-electron chi connectivity index (χ2n) is 5.45. The van der Waals surface area contributed by atoms with E-state index in [2.05, 4.69) is 15.5 Å². The predicted molar refractivity (Wildman–Crippen MR) is 95.9 cm³/mol. The number of nitro benzene ring substituents is 1. The first kappa shape index (κ1) is 17.0. The maximum absolute atomic E-state index is 11.9. The van der Waals surface area contributed by atoms with Crippen molar-refractivity contribution in [1.29, 1.82) is 0 Å². The van der Waals surface area contributed by atoms with Gasteiger partial charge in [0.2, 0.25) is 11.7 Å². The molecule has 0 aliphatic heterocycles. The fourth-order valence-electron chi connectivity index (χ4n) is 2.48. The fraction of sp³-hybridized carbons (Fsp3) is 0.0556. The van der Waals surface area contributed by atoms with Crippen molar-refractivity contribution in [3.8, 4) is 5.75 Å². The van der Waals surface area contributed by atoms with Crippen LogP contribution in [0.4, 0.5) is 5.69 Å². The van der Waals surface area contributed by atoms with E-state index in [1.54, 1.807) is 12.1 Å². The molecule has 2 aromatic carbocycles. The molecule has 3 aromatic rings. The van der Waals surface area contributed by atoms with E-state index in [1.807, 2.05) is 30.3 Å². The van der Waals surface area contributed by atoms with E-state index in [0.29, 0.717) is 10.9 Å². The number of nitro groups is 1. The summed E-state index contributed by atoms with van der Waals surface area (Å²) >= 11 is 0. The van der Waals surface area contributed by atoms with Gasteiger partial charge in [-0.3, -0.25) is 19.9 Å². The van der Waals surface area contributed by atoms with Crippen LogP contribution < -0.4 is 5.43 Å². The first-order chi connectivity index (χ1) is 12.6. The monoisotopic (exact) mass is 350 g/mol. The second-order valence-corrected chi connectivity index (χ2v) is 5.45. The summed E-state index contributed by atoms with van der Waals surface area (Å²) in [6.45, 7) is 0. The quantitative estimate of drug-likeness (QED) is 0.416. The Labute approximate surface area is 148 Å². The summed E-state index contributed by atoms with van der Waals surface area (Å²) in [6.07, 6.45) is 2.88. The number of fused-ring (bicyclic) bond motifs is 1. The van der Waals surface area contributed by atoms with Gasteiger partial charge in [-0.25, -0.2) is 5.43 Å². The van der Waals surface area contributed by atoms with Gasteiger partial charge in [0.1, 0.15) is 5.52 Å². The predicted octanol–water partition coefficient (Wildman–Crippen LogP) is 2.54. The van der Waals surface area contributed by atoms with Gasteiger partial charge in [0, 0.05) is 23.2 Å². The van der Waals surface area contributed by atoms with Gasteiger partial charge in [0.05, 0.1) is 17.6 Å². The number of hydrazone groups is 1. The van der Waals surface area contributed by atoms with E-state index in [0.717, 1.165) is 5.56 Å². The van der Waals surface area contributed by atoms with Gasteiger partial charge in [-0.1, -0.05) is 36.4 Å². The molecule has 3 rings (SSSR count). The lowest BCUT2D eigenvalue weighted by molar-refractivity contribution is -0.385. The Morgan fingerprint density at radius 2 is 2.04 bits per heavy atom. The average molecular weight is 350 g/mol. The third-order valence-electron chi connectivity index (χ3n) is 3.67. The van der Waals surface area contributed by atoms with Crippen LogP contribution in [0.25, 0.3) is 10.9 Å². The molecule has 130 valence electrons. The number of nitrogens with zero attached hydrogens (tertiary/aromatic N) is 3. The zero-order valence-electron chi connectivity index (χ0n) is 13.5. The number of amides is 1. The summed E-state index contributed by atoms with van der Waals surface area (Å²) in [7, 11) is 0. The van der Waals surface area contributed by atoms with Crippen molar-refractivity contribution in [2.75, 3.05) is 0 Å². The summed E-state index contributed by atoms with van der Waals surface area (Å²) < 4.78 is 0. The van der Waals surface area contributed by atoms with Crippen molar-refractivity contribution in [3.63, 3.8) is 0 Å². The Balaban J connectivity index is 1.84. The third kappa shape index (κ3) is 3.64. The highest BCUT2D eigenvalue weighted by molar-refractivity contribution is 6.02. The van der Waals surface area contributed by atoms with Gasteiger partial charge in [-0.2, -0.15) is 5.10 Å². The number of phenolic OH excluding ortho intramolecular Hbond substituents is 1. The molecule has 0 saturated carbocycles. The van der Waals surface area contributed by atoms with E-state index in [4.69, 9.17) is 0 Å². The number of aromatic nitrogens is 1. The summed E-state index contributed by atoms with van der Waals surface area (Å²) in [6, 6.07) is 13.7. The van der Waals surface area contributed by atoms with Crippen LogP contribution in [0.2, 0.25) is 0 Å². The molecule has 0 bridgehead atoms. The van der Waals surface area contributed by atoms with Crippen molar-refractivity contribution in [1.82, 2.24) is 10.4 Å². The van der Waals surface area contributed by atoms with Crippen molar-refractivity contribution >= 4 is 28.7 Å². The van der Waals surface area contributed by atoms with Crippen LogP contribution in [-0.2, 0) is 11.2 Å². The number of hydrogen-bond acceptors (Lipinski definition) is 6. The van der Waals surface area contributed by atoms with E-state index in [-0.39, 0.29) is 17.8 Å². The smallest absolute Gasteiger partial charge is 0.313 e. The Morgan fingerprint density at radius 1 is 1.27 bits per heavy atom. The molecular formula is C18H14N4O4. The SMILES string of the molecule is O=C(Cc1ccccc1)N/N=C\c1cc([N+](=O)[O-])c(O)c2ncccc12. The van der Waals surface area contributed by atoms with Crippen LogP contribution in [0.3, 0.4) is 0 Å². The number of carbonyl (C=O) groups excluding carboxylic acids is 1. The van der Waals surface area contributed by atoms with Crippen LogP contribution in [-0.4, -0.2) is 27.1 Å². The molecule has 26 heavy (non-hydrogen) atoms. The molecule has 0 fully saturated rings. The zero-order valence-corrected chi connectivity index (χ0v) is 13.5. The summed E-state index contributed by atoms with van der Waals surface area (Å²) in [5.41, 5.74) is 3.20. The molecule has 0 unspecified atom stereocenters. The van der Waals surface area contributed by atoms with Crippen LogP contribution in [0.5, 0.6) is 5.75 Å². The van der Waals surface area contributed by atoms with Gasteiger partial charge < -0.3 is 5.11 Å². The minimum atomic E-state index is -0.700. The standard InChI is InChI=1S/C18H14N4O4/c23-16(9-12-5-2-1-3-6-12)21-20-11-13-10-15(22(25)26)18(24)17-14(13)7-4-8-19-17/h1-8,10-11,24H,9H2,(H,21,23)/b20-11-. The lowest BCUT2D eigenvalue weighted by atomic mass is 10.1. The van der Waals surface area contributed by atoms with Gasteiger partial charge in [0.25, 0.3) is 0 Å². The van der Waals surface area contributed by atoms with Gasteiger partial charge in [-0.05, 0) is 11.6 Å². The molecule has 0 aliphatic rings. The van der Waals surface area contributed by atoms with Crippen molar-refractivity contribution in [3.05, 3.63) is 76.0 Å². The third-order valence-corrected chi connectivity index (χ3v) is 3.67. The minimum absolute atomic E-state index is 0.0961. The molecule has 1 amide bonds. The molecule has 0 radical (unpaired) electrons. The highest BCUT2D eigenvalue weighted by atomic mass is 16.6. The first-order valence-corrected chi connectivity index (χ1v) is 7.67. The Kier molecular flexibility index (Phi) is 4.84. The molecule has 0 aliphatic carbocycles. The average Bonchev–Trinajstić information content (AvgIpc) is 2.64. The molecule has 2 N–H and O–H groups in total. The summed E-state index contributed by atoms with van der Waals surface area (Å²) in [4.78, 5) is 26.3. The Morgan fingerprint density at radius 3 is 2.77 bits per heavy atom. The molecule has 1 heterocycles. The topological polar surface area (TPSA) is 118 Å². The summed E-state index contributed by atoms with van der Waals surface area (Å²) in [5, 5.41) is 25.5. The number of carbonyl (C=O) groups is 1. The fourth-order valence-corrected chi connectivity index (χ4v) is 2.48. The normalized spacial score (nSPS) is 10.9. The highest BCUT2D eigenvalue weighted by Crippen LogP contribution is 2.34. The molecule has 8 heteroatoms. The Bertz CT molecular complexity index is 1000. The molecule has 0 atom stereocenters. The van der Waals surface area contributed by atoms with Crippen LogP contribution in [0, 0.1) is 10.1 Å². The number of pyridine rings is 1. The molecule has 8 nitrogen and oxygen atoms in total. The number of rotatable bonds is 5. The lowest BCUT2D eigenvalue weighted by Crippen LogP contribution is -2.19. The molecule has 0 spiro atoms. The lowest BCUT2D eigenvalue weighted by Gasteiger charge is -2.05. The number of nitrogens with one attached hydrogen (secondary N) is 1. The van der Waals surface area contributed by atoms with Crippen LogP contribution in [0.15, 0.2) is 59.8 Å². The highest BCUT2D eigenvalue weighted by Gasteiger charge is 2.19. The van der Waals surface area contributed by atoms with Crippen molar-refractivity contribution in [2.45, 2.75) is 6.42 Å². The maximum atomic E-state index is 11.9. The number of phenols is 1. The number of benzene rings is 2. The molecule has 1 aromatic heterocycles. The second kappa shape index (κ2) is 7.39. The Hall–Kier alpha value is -3.81. The number of hydrogen-bond donors (Lipinski definition) is 2. The summed E-state index contributed by atoms with van der Waals surface area (Å²) in [5.74, 6) is -0.820. The molecule has 0 saturated heterocycles. The maximum Gasteiger partial charge on any atom is 0.313 e.